The maximum Gasteiger partial charge on any atom is 0.240 e. The van der Waals surface area contributed by atoms with E-state index in [1.54, 1.807) is 12.1 Å². The first-order chi connectivity index (χ1) is 14.8. The van der Waals surface area contributed by atoms with Crippen LogP contribution in [0.3, 0.4) is 0 Å². The Labute approximate surface area is 185 Å². The molecule has 0 saturated heterocycles. The maximum atomic E-state index is 12.9. The Balaban J connectivity index is 1.63. The summed E-state index contributed by atoms with van der Waals surface area (Å²) in [6.07, 6.45) is 0.965. The average Bonchev–Trinajstić information content (AvgIpc) is 3.18. The highest BCUT2D eigenvalue weighted by Gasteiger charge is 2.28. The van der Waals surface area contributed by atoms with E-state index in [0.29, 0.717) is 11.4 Å². The van der Waals surface area contributed by atoms with E-state index in [-0.39, 0.29) is 6.04 Å². The van der Waals surface area contributed by atoms with Crippen LogP contribution in [0.1, 0.15) is 22.7 Å². The predicted molar refractivity (Wildman–Crippen MR) is 127 cm³/mol. The van der Waals surface area contributed by atoms with Gasteiger partial charge in [-0.1, -0.05) is 48.0 Å². The molecule has 31 heavy (non-hydrogen) atoms. The molecule has 0 amide bonds. The second-order valence-corrected chi connectivity index (χ2v) is 10.0. The smallest absolute Gasteiger partial charge is 0.240 e. The van der Waals surface area contributed by atoms with Gasteiger partial charge in [0.15, 0.2) is 0 Å². The molecule has 0 aliphatic carbocycles. The van der Waals surface area contributed by atoms with Gasteiger partial charge < -0.3 is 9.80 Å². The summed E-state index contributed by atoms with van der Waals surface area (Å²) in [6, 6.07) is 23.6. The first-order valence-electron chi connectivity index (χ1n) is 10.5. The number of hydrogen-bond donors (Lipinski definition) is 1. The van der Waals surface area contributed by atoms with Gasteiger partial charge in [-0.15, -0.1) is 0 Å². The lowest BCUT2D eigenvalue weighted by atomic mass is 10.0. The van der Waals surface area contributed by atoms with Gasteiger partial charge in [-0.2, -0.15) is 0 Å². The molecule has 0 aromatic heterocycles. The van der Waals surface area contributed by atoms with Crippen LogP contribution >= 0.6 is 0 Å². The van der Waals surface area contributed by atoms with E-state index < -0.39 is 10.0 Å². The van der Waals surface area contributed by atoms with E-state index >= 15 is 0 Å². The van der Waals surface area contributed by atoms with Crippen molar-refractivity contribution >= 4 is 21.4 Å². The van der Waals surface area contributed by atoms with Crippen LogP contribution in [-0.4, -0.2) is 35.6 Å². The van der Waals surface area contributed by atoms with Crippen molar-refractivity contribution in [2.24, 2.45) is 0 Å². The van der Waals surface area contributed by atoms with Gasteiger partial charge in [0.25, 0.3) is 0 Å². The molecule has 3 aromatic carbocycles. The topological polar surface area (TPSA) is 52.7 Å². The number of nitrogens with one attached hydrogen (secondary N) is 1. The maximum absolute atomic E-state index is 12.9. The molecule has 1 N–H and O–H groups in total. The third kappa shape index (κ3) is 4.60. The van der Waals surface area contributed by atoms with E-state index in [1.807, 2.05) is 39.2 Å². The second-order valence-electron chi connectivity index (χ2n) is 8.24. The molecule has 5 nitrogen and oxygen atoms in total. The van der Waals surface area contributed by atoms with Crippen LogP contribution in [0.15, 0.2) is 77.7 Å². The summed E-state index contributed by atoms with van der Waals surface area (Å²) in [7, 11) is 0.432. The fourth-order valence-electron chi connectivity index (χ4n) is 4.08. The van der Waals surface area contributed by atoms with Crippen molar-refractivity contribution in [2.45, 2.75) is 24.3 Å². The summed E-state index contributed by atoms with van der Waals surface area (Å²) in [5, 5.41) is 0. The first kappa shape index (κ1) is 21.4. The molecular formula is C25H29N3O2S. The fraction of sp³-hybridized carbons (Fsp3) is 0.280. The largest absolute Gasteiger partial charge is 0.378 e. The van der Waals surface area contributed by atoms with Crippen LogP contribution in [0.4, 0.5) is 11.4 Å². The van der Waals surface area contributed by atoms with E-state index in [2.05, 4.69) is 57.0 Å². The molecule has 4 rings (SSSR count). The fourth-order valence-corrected chi connectivity index (χ4v) is 5.12. The Morgan fingerprint density at radius 2 is 1.65 bits per heavy atom. The summed E-state index contributed by atoms with van der Waals surface area (Å²) in [5.41, 5.74) is 5.72. The molecular weight excluding hydrogens is 406 g/mol. The van der Waals surface area contributed by atoms with Crippen molar-refractivity contribution in [3.8, 4) is 0 Å². The van der Waals surface area contributed by atoms with Gasteiger partial charge in [0.05, 0.1) is 10.9 Å². The zero-order chi connectivity index (χ0) is 22.0. The number of hydrogen-bond acceptors (Lipinski definition) is 4. The van der Waals surface area contributed by atoms with Crippen molar-refractivity contribution in [3.05, 3.63) is 89.5 Å². The minimum atomic E-state index is -3.59. The second kappa shape index (κ2) is 8.73. The Morgan fingerprint density at radius 1 is 0.968 bits per heavy atom. The van der Waals surface area contributed by atoms with Gasteiger partial charge in [-0.05, 0) is 54.8 Å². The normalized spacial score (nSPS) is 14.4. The molecule has 6 heteroatoms. The van der Waals surface area contributed by atoms with Crippen molar-refractivity contribution in [1.82, 2.24) is 4.72 Å². The Kier molecular flexibility index (Phi) is 6.03. The lowest BCUT2D eigenvalue weighted by Gasteiger charge is -2.31. The Bertz CT molecular complexity index is 1140. The minimum absolute atomic E-state index is 0.0971. The van der Waals surface area contributed by atoms with Crippen LogP contribution in [0.2, 0.25) is 0 Å². The quantitative estimate of drug-likeness (QED) is 0.606. The van der Waals surface area contributed by atoms with E-state index in [4.69, 9.17) is 0 Å². The van der Waals surface area contributed by atoms with Crippen molar-refractivity contribution < 1.29 is 8.42 Å². The molecule has 0 radical (unpaired) electrons. The average molecular weight is 436 g/mol. The van der Waals surface area contributed by atoms with Crippen LogP contribution in [0.25, 0.3) is 0 Å². The van der Waals surface area contributed by atoms with Crippen LogP contribution in [0, 0.1) is 6.92 Å². The monoisotopic (exact) mass is 435 g/mol. The van der Waals surface area contributed by atoms with Crippen molar-refractivity contribution in [1.29, 1.82) is 0 Å². The van der Waals surface area contributed by atoms with Gasteiger partial charge in [0, 0.05) is 38.6 Å². The molecule has 0 fully saturated rings. The highest BCUT2D eigenvalue weighted by molar-refractivity contribution is 7.89. The van der Waals surface area contributed by atoms with Crippen molar-refractivity contribution in [2.75, 3.05) is 37.0 Å². The van der Waals surface area contributed by atoms with Gasteiger partial charge >= 0.3 is 0 Å². The zero-order valence-corrected chi connectivity index (χ0v) is 19.1. The minimum Gasteiger partial charge on any atom is -0.378 e. The van der Waals surface area contributed by atoms with E-state index in [1.165, 1.54) is 11.3 Å². The van der Waals surface area contributed by atoms with Crippen molar-refractivity contribution in [3.63, 3.8) is 0 Å². The summed E-state index contributed by atoms with van der Waals surface area (Å²) in [4.78, 5) is 4.67. The Hall–Kier alpha value is -2.83. The number of anilines is 2. The Morgan fingerprint density at radius 3 is 2.32 bits per heavy atom. The summed E-state index contributed by atoms with van der Waals surface area (Å²) < 4.78 is 28.8. The predicted octanol–water partition coefficient (Wildman–Crippen LogP) is 4.14. The molecule has 1 aliphatic heterocycles. The SMILES string of the molecule is Cc1ccc(S(=O)(=O)NC[C@H](c2ccc(N(C)C)cc2)N2CCc3ccccc32)cc1. The molecule has 3 aromatic rings. The molecule has 162 valence electrons. The third-order valence-corrected chi connectivity index (χ3v) is 7.33. The number of fused-ring (bicyclic) bond motifs is 1. The molecule has 0 saturated carbocycles. The van der Waals surface area contributed by atoms with Gasteiger partial charge in [0.2, 0.25) is 10.0 Å². The lowest BCUT2D eigenvalue weighted by Crippen LogP contribution is -2.37. The summed E-state index contributed by atoms with van der Waals surface area (Å²) >= 11 is 0. The van der Waals surface area contributed by atoms with E-state index in [9.17, 15) is 8.42 Å². The molecule has 0 bridgehead atoms. The molecule has 1 aliphatic rings. The van der Waals surface area contributed by atoms with Gasteiger partial charge in [0.1, 0.15) is 0 Å². The van der Waals surface area contributed by atoms with Gasteiger partial charge in [-0.3, -0.25) is 0 Å². The van der Waals surface area contributed by atoms with Crippen LogP contribution in [-0.2, 0) is 16.4 Å². The number of nitrogens with zero attached hydrogens (tertiary/aromatic N) is 2. The summed E-state index contributed by atoms with van der Waals surface area (Å²) in [6.45, 7) is 3.11. The van der Waals surface area contributed by atoms with Crippen LogP contribution < -0.4 is 14.5 Å². The molecule has 0 unspecified atom stereocenters. The van der Waals surface area contributed by atoms with Crippen LogP contribution in [0.5, 0.6) is 0 Å². The molecule has 0 spiro atoms. The zero-order valence-electron chi connectivity index (χ0n) is 18.2. The van der Waals surface area contributed by atoms with Gasteiger partial charge in [-0.25, -0.2) is 13.1 Å². The first-order valence-corrected chi connectivity index (χ1v) is 12.0. The lowest BCUT2D eigenvalue weighted by molar-refractivity contribution is 0.563. The number of aryl methyl sites for hydroxylation is 1. The number of sulfonamides is 1. The molecule has 1 heterocycles. The highest BCUT2D eigenvalue weighted by atomic mass is 32.2. The number of para-hydroxylation sites is 1. The molecule has 1 atom stereocenters. The number of benzene rings is 3. The van der Waals surface area contributed by atoms with E-state index in [0.717, 1.165) is 29.8 Å². The third-order valence-electron chi connectivity index (χ3n) is 5.89. The number of rotatable bonds is 7. The standard InChI is InChI=1S/C25H29N3O2S/c1-19-8-14-23(15-9-19)31(29,30)26-18-25(21-10-12-22(13-11-21)27(2)3)28-17-16-20-6-4-5-7-24(20)28/h4-15,25-26H,16-18H2,1-3H3/t25-/m1/s1. The summed E-state index contributed by atoms with van der Waals surface area (Å²) in [5.74, 6) is 0. The highest BCUT2D eigenvalue weighted by Crippen LogP contribution is 2.35.